The van der Waals surface area contributed by atoms with Gasteiger partial charge in [0.1, 0.15) is 0 Å². The first-order valence-electron chi connectivity index (χ1n) is 8.16. The van der Waals surface area contributed by atoms with E-state index in [0.29, 0.717) is 25.9 Å². The normalized spacial score (nSPS) is 21.7. The molecule has 2 atom stereocenters. The van der Waals surface area contributed by atoms with Gasteiger partial charge in [-0.15, -0.1) is 0 Å². The Kier molecular flexibility index (Phi) is 5.33. The molecule has 0 unspecified atom stereocenters. The van der Waals surface area contributed by atoms with Crippen molar-refractivity contribution in [2.24, 2.45) is 7.05 Å². The third kappa shape index (κ3) is 4.66. The number of benzene rings is 1. The molecule has 1 saturated heterocycles. The van der Waals surface area contributed by atoms with Crippen LogP contribution < -0.4 is 4.72 Å². The average molecular weight is 349 g/mol. The minimum absolute atomic E-state index is 0.0928. The minimum Gasteiger partial charge on any atom is -0.373 e. The summed E-state index contributed by atoms with van der Waals surface area (Å²) in [6, 6.07) is 9.57. The molecule has 0 aliphatic carbocycles. The Morgan fingerprint density at radius 2 is 2.12 bits per heavy atom. The van der Waals surface area contributed by atoms with Crippen molar-refractivity contribution in [2.75, 3.05) is 12.4 Å². The van der Waals surface area contributed by atoms with E-state index in [4.69, 9.17) is 4.74 Å². The second-order valence-corrected chi connectivity index (χ2v) is 8.07. The van der Waals surface area contributed by atoms with Gasteiger partial charge >= 0.3 is 0 Å². The molecule has 1 N–H and O–H groups in total. The van der Waals surface area contributed by atoms with Crippen LogP contribution in [0.15, 0.2) is 42.7 Å². The Bertz CT molecular complexity index is 758. The Hall–Kier alpha value is -1.70. The lowest BCUT2D eigenvalue weighted by atomic mass is 10.0. The maximum atomic E-state index is 12.4. The fraction of sp³-hybridized carbons (Fsp3) is 0.471. The molecule has 24 heavy (non-hydrogen) atoms. The molecule has 130 valence electrons. The molecule has 1 fully saturated rings. The molecule has 7 heteroatoms. The summed E-state index contributed by atoms with van der Waals surface area (Å²) in [7, 11) is -1.45. The summed E-state index contributed by atoms with van der Waals surface area (Å²) in [5.74, 6) is 0.103. The zero-order chi connectivity index (χ0) is 17.0. The zero-order valence-electron chi connectivity index (χ0n) is 13.8. The maximum absolute atomic E-state index is 12.4. The number of nitrogens with one attached hydrogen (secondary N) is 1. The number of aryl methyl sites for hydroxylation is 2. The highest BCUT2D eigenvalue weighted by molar-refractivity contribution is 7.89. The van der Waals surface area contributed by atoms with Crippen molar-refractivity contribution in [3.63, 3.8) is 0 Å². The molecule has 1 aliphatic heterocycles. The molecule has 3 rings (SSSR count). The minimum atomic E-state index is -3.31. The highest BCUT2D eigenvalue weighted by Gasteiger charge is 2.27. The summed E-state index contributed by atoms with van der Waals surface area (Å²) in [6.07, 6.45) is 5.44. The largest absolute Gasteiger partial charge is 0.373 e. The van der Waals surface area contributed by atoms with E-state index in [2.05, 4.69) is 9.82 Å². The van der Waals surface area contributed by atoms with Gasteiger partial charge in [-0.25, -0.2) is 13.1 Å². The SMILES string of the molecule is Cn1cc([C@H]2C[C@H](NS(=O)(=O)CCc3ccccc3)CCO2)cn1. The van der Waals surface area contributed by atoms with E-state index in [-0.39, 0.29) is 17.9 Å². The Labute approximate surface area is 142 Å². The first-order chi connectivity index (χ1) is 11.5. The van der Waals surface area contributed by atoms with Gasteiger partial charge in [0, 0.05) is 31.5 Å². The second-order valence-electron chi connectivity index (χ2n) is 6.20. The molecule has 0 spiro atoms. The van der Waals surface area contributed by atoms with Crippen LogP contribution in [0, 0.1) is 0 Å². The molecule has 1 aliphatic rings. The lowest BCUT2D eigenvalue weighted by Crippen LogP contribution is -2.41. The molecule has 2 aromatic rings. The van der Waals surface area contributed by atoms with E-state index in [0.717, 1.165) is 11.1 Å². The van der Waals surface area contributed by atoms with Crippen molar-refractivity contribution in [1.29, 1.82) is 0 Å². The van der Waals surface area contributed by atoms with E-state index in [1.807, 2.05) is 43.6 Å². The summed E-state index contributed by atoms with van der Waals surface area (Å²) in [5.41, 5.74) is 2.02. The van der Waals surface area contributed by atoms with Crippen molar-refractivity contribution < 1.29 is 13.2 Å². The molecule has 0 radical (unpaired) electrons. The van der Waals surface area contributed by atoms with Gasteiger partial charge in [-0.2, -0.15) is 5.10 Å². The summed E-state index contributed by atoms with van der Waals surface area (Å²) in [5, 5.41) is 4.15. The first kappa shape index (κ1) is 17.1. The van der Waals surface area contributed by atoms with Crippen LogP contribution in [0.3, 0.4) is 0 Å². The van der Waals surface area contributed by atoms with Gasteiger partial charge in [-0.05, 0) is 24.8 Å². The first-order valence-corrected chi connectivity index (χ1v) is 9.81. The van der Waals surface area contributed by atoms with Gasteiger partial charge in [0.25, 0.3) is 0 Å². The smallest absolute Gasteiger partial charge is 0.212 e. The fourth-order valence-corrected chi connectivity index (χ4v) is 4.30. The highest BCUT2D eigenvalue weighted by atomic mass is 32.2. The highest BCUT2D eigenvalue weighted by Crippen LogP contribution is 2.28. The van der Waals surface area contributed by atoms with Gasteiger partial charge in [-0.1, -0.05) is 30.3 Å². The summed E-state index contributed by atoms with van der Waals surface area (Å²) in [6.45, 7) is 0.547. The van der Waals surface area contributed by atoms with E-state index in [9.17, 15) is 8.42 Å². The Balaban J connectivity index is 1.56. The Morgan fingerprint density at radius 3 is 2.83 bits per heavy atom. The van der Waals surface area contributed by atoms with Crippen LogP contribution in [-0.2, 0) is 28.2 Å². The van der Waals surface area contributed by atoms with Crippen molar-refractivity contribution >= 4 is 10.0 Å². The van der Waals surface area contributed by atoms with Crippen LogP contribution >= 0.6 is 0 Å². The third-order valence-corrected chi connectivity index (χ3v) is 5.66. The molecule has 2 heterocycles. The summed E-state index contributed by atoms with van der Waals surface area (Å²) >= 11 is 0. The van der Waals surface area contributed by atoms with Crippen LogP contribution in [0.25, 0.3) is 0 Å². The van der Waals surface area contributed by atoms with Crippen molar-refractivity contribution in [3.05, 3.63) is 53.9 Å². The predicted molar refractivity (Wildman–Crippen MR) is 92.0 cm³/mol. The van der Waals surface area contributed by atoms with Crippen LogP contribution in [0.1, 0.15) is 30.1 Å². The van der Waals surface area contributed by atoms with Gasteiger partial charge in [0.2, 0.25) is 10.0 Å². The van der Waals surface area contributed by atoms with Crippen LogP contribution in [0.2, 0.25) is 0 Å². The van der Waals surface area contributed by atoms with Crippen molar-refractivity contribution in [3.8, 4) is 0 Å². The standard InChI is InChI=1S/C17H23N3O3S/c1-20-13-15(12-18-20)17-11-16(7-9-23-17)19-24(21,22)10-8-14-5-3-2-4-6-14/h2-6,12-13,16-17,19H,7-11H2,1H3/t16-,17-/m1/s1. The number of ether oxygens (including phenoxy) is 1. The van der Waals surface area contributed by atoms with E-state index in [1.54, 1.807) is 10.9 Å². The number of sulfonamides is 1. The van der Waals surface area contributed by atoms with Crippen molar-refractivity contribution in [1.82, 2.24) is 14.5 Å². The number of nitrogens with zero attached hydrogens (tertiary/aromatic N) is 2. The van der Waals surface area contributed by atoms with Gasteiger partial charge in [0.05, 0.1) is 18.1 Å². The lowest BCUT2D eigenvalue weighted by molar-refractivity contribution is 0.00401. The summed E-state index contributed by atoms with van der Waals surface area (Å²) in [4.78, 5) is 0. The van der Waals surface area contributed by atoms with Crippen LogP contribution in [0.4, 0.5) is 0 Å². The topological polar surface area (TPSA) is 73.2 Å². The number of aromatic nitrogens is 2. The quantitative estimate of drug-likeness (QED) is 0.863. The van der Waals surface area contributed by atoms with E-state index >= 15 is 0 Å². The Morgan fingerprint density at radius 1 is 1.33 bits per heavy atom. The van der Waals surface area contributed by atoms with Crippen LogP contribution in [-0.4, -0.2) is 36.6 Å². The lowest BCUT2D eigenvalue weighted by Gasteiger charge is -2.29. The number of hydrogen-bond donors (Lipinski definition) is 1. The molecule has 6 nitrogen and oxygen atoms in total. The molecule has 0 bridgehead atoms. The van der Waals surface area contributed by atoms with Crippen LogP contribution in [0.5, 0.6) is 0 Å². The molecular weight excluding hydrogens is 326 g/mol. The summed E-state index contributed by atoms with van der Waals surface area (Å²) < 4.78 is 35.0. The molecule has 1 aromatic carbocycles. The maximum Gasteiger partial charge on any atom is 0.212 e. The van der Waals surface area contributed by atoms with Gasteiger partial charge in [0.15, 0.2) is 0 Å². The van der Waals surface area contributed by atoms with E-state index in [1.165, 1.54) is 0 Å². The second kappa shape index (κ2) is 7.46. The monoisotopic (exact) mass is 349 g/mol. The average Bonchev–Trinajstić information content (AvgIpc) is 3.01. The fourth-order valence-electron chi connectivity index (χ4n) is 2.95. The number of hydrogen-bond acceptors (Lipinski definition) is 4. The van der Waals surface area contributed by atoms with Gasteiger partial charge < -0.3 is 4.74 Å². The van der Waals surface area contributed by atoms with E-state index < -0.39 is 10.0 Å². The molecule has 1 aromatic heterocycles. The molecule has 0 amide bonds. The number of rotatable bonds is 6. The zero-order valence-corrected chi connectivity index (χ0v) is 14.6. The van der Waals surface area contributed by atoms with Crippen molar-refractivity contribution in [2.45, 2.75) is 31.4 Å². The molecular formula is C17H23N3O3S. The third-order valence-electron chi connectivity index (χ3n) is 4.23. The predicted octanol–water partition coefficient (Wildman–Crippen LogP) is 1.80. The molecule has 0 saturated carbocycles. The van der Waals surface area contributed by atoms with Gasteiger partial charge in [-0.3, -0.25) is 4.68 Å².